The third kappa shape index (κ3) is 3.62. The van der Waals surface area contributed by atoms with E-state index in [-0.39, 0.29) is 11.1 Å². The number of carboxylic acid groups (broad SMARTS) is 1. The van der Waals surface area contributed by atoms with Gasteiger partial charge in [-0.3, -0.25) is 9.36 Å². The van der Waals surface area contributed by atoms with Crippen LogP contribution in [0.3, 0.4) is 0 Å². The molecule has 0 fully saturated rings. The molecule has 4 aromatic rings. The quantitative estimate of drug-likeness (QED) is 0.528. The standard InChI is InChI=1S/C25H16N2O3/c1-2-17-10-12-18(13-11-17)14-15-23-26-22-9-4-3-8-21(22)24(28)27(23)20-7-5-6-19(16-20)25(29)30/h1,3-16H,(H,29,30)/b15-14+. The van der Waals surface area contributed by atoms with Gasteiger partial charge in [-0.1, -0.05) is 42.3 Å². The van der Waals surface area contributed by atoms with Gasteiger partial charge in [-0.25, -0.2) is 9.78 Å². The molecule has 0 aliphatic rings. The van der Waals surface area contributed by atoms with Gasteiger partial charge in [0.2, 0.25) is 0 Å². The van der Waals surface area contributed by atoms with E-state index < -0.39 is 5.97 Å². The zero-order valence-electron chi connectivity index (χ0n) is 15.8. The fourth-order valence-corrected chi connectivity index (χ4v) is 3.15. The Labute approximate surface area is 172 Å². The van der Waals surface area contributed by atoms with Crippen molar-refractivity contribution in [3.05, 3.63) is 106 Å². The number of nitrogens with zero attached hydrogens (tertiary/aromatic N) is 2. The van der Waals surface area contributed by atoms with E-state index in [1.807, 2.05) is 36.4 Å². The smallest absolute Gasteiger partial charge is 0.335 e. The van der Waals surface area contributed by atoms with E-state index in [0.29, 0.717) is 22.4 Å². The largest absolute Gasteiger partial charge is 0.478 e. The Bertz CT molecular complexity index is 1390. The van der Waals surface area contributed by atoms with Gasteiger partial charge in [0.1, 0.15) is 5.82 Å². The highest BCUT2D eigenvalue weighted by atomic mass is 16.4. The Morgan fingerprint density at radius 2 is 1.77 bits per heavy atom. The summed E-state index contributed by atoms with van der Waals surface area (Å²) in [5, 5.41) is 9.78. The third-order valence-electron chi connectivity index (χ3n) is 4.66. The Kier molecular flexibility index (Phi) is 4.98. The van der Waals surface area contributed by atoms with Crippen LogP contribution in [0.1, 0.15) is 27.3 Å². The number of fused-ring (bicyclic) bond motifs is 1. The number of aromatic carboxylic acids is 1. The van der Waals surface area contributed by atoms with Crippen molar-refractivity contribution in [2.24, 2.45) is 0 Å². The van der Waals surface area contributed by atoms with Crippen molar-refractivity contribution in [2.75, 3.05) is 0 Å². The summed E-state index contributed by atoms with van der Waals surface area (Å²) in [6.07, 6.45) is 8.95. The zero-order chi connectivity index (χ0) is 21.1. The summed E-state index contributed by atoms with van der Waals surface area (Å²) in [5.74, 6) is 1.90. The number of rotatable bonds is 4. The molecule has 0 spiro atoms. The average molecular weight is 392 g/mol. The van der Waals surface area contributed by atoms with E-state index >= 15 is 0 Å². The zero-order valence-corrected chi connectivity index (χ0v) is 15.8. The second-order valence-corrected chi connectivity index (χ2v) is 6.58. The number of terminal acetylenes is 1. The summed E-state index contributed by atoms with van der Waals surface area (Å²) in [6.45, 7) is 0. The SMILES string of the molecule is C#Cc1ccc(/C=C/c2nc3ccccc3c(=O)n2-c2cccc(C(=O)O)c2)cc1. The maximum absolute atomic E-state index is 13.2. The summed E-state index contributed by atoms with van der Waals surface area (Å²) in [4.78, 5) is 29.3. The fraction of sp³-hybridized carbons (Fsp3) is 0. The molecule has 0 aliphatic heterocycles. The van der Waals surface area contributed by atoms with Gasteiger partial charge in [-0.2, -0.15) is 0 Å². The molecule has 3 aromatic carbocycles. The van der Waals surface area contributed by atoms with Gasteiger partial charge in [0.05, 0.1) is 22.2 Å². The number of benzene rings is 3. The van der Waals surface area contributed by atoms with Gasteiger partial charge in [-0.05, 0) is 54.1 Å². The lowest BCUT2D eigenvalue weighted by Gasteiger charge is -2.12. The monoisotopic (exact) mass is 392 g/mol. The van der Waals surface area contributed by atoms with Crippen molar-refractivity contribution in [3.8, 4) is 18.0 Å². The molecule has 0 amide bonds. The van der Waals surface area contributed by atoms with Crippen molar-refractivity contribution < 1.29 is 9.90 Å². The van der Waals surface area contributed by atoms with E-state index in [1.165, 1.54) is 16.7 Å². The Morgan fingerprint density at radius 1 is 1.00 bits per heavy atom. The molecule has 0 aliphatic carbocycles. The number of hydrogen-bond acceptors (Lipinski definition) is 3. The van der Waals surface area contributed by atoms with Crippen LogP contribution in [0.4, 0.5) is 0 Å². The van der Waals surface area contributed by atoms with Crippen LogP contribution in [-0.4, -0.2) is 20.6 Å². The molecule has 0 atom stereocenters. The van der Waals surface area contributed by atoms with Crippen molar-refractivity contribution in [3.63, 3.8) is 0 Å². The lowest BCUT2D eigenvalue weighted by molar-refractivity contribution is 0.0697. The number of hydrogen-bond donors (Lipinski definition) is 1. The van der Waals surface area contributed by atoms with E-state index in [0.717, 1.165) is 11.1 Å². The van der Waals surface area contributed by atoms with Crippen molar-refractivity contribution in [2.45, 2.75) is 0 Å². The fourth-order valence-electron chi connectivity index (χ4n) is 3.15. The highest BCUT2D eigenvalue weighted by molar-refractivity contribution is 5.88. The van der Waals surface area contributed by atoms with E-state index in [4.69, 9.17) is 6.42 Å². The van der Waals surface area contributed by atoms with Crippen LogP contribution in [0.2, 0.25) is 0 Å². The Balaban J connectivity index is 1.91. The molecule has 1 N–H and O–H groups in total. The third-order valence-corrected chi connectivity index (χ3v) is 4.66. The van der Waals surface area contributed by atoms with Crippen LogP contribution in [0.25, 0.3) is 28.7 Å². The molecular formula is C25H16N2O3. The van der Waals surface area contributed by atoms with Crippen molar-refractivity contribution in [1.29, 1.82) is 0 Å². The van der Waals surface area contributed by atoms with Gasteiger partial charge in [0.15, 0.2) is 0 Å². The number of carbonyl (C=O) groups is 1. The molecule has 0 radical (unpaired) electrons. The first-order valence-corrected chi connectivity index (χ1v) is 9.17. The Morgan fingerprint density at radius 3 is 2.50 bits per heavy atom. The van der Waals surface area contributed by atoms with Gasteiger partial charge in [-0.15, -0.1) is 6.42 Å². The molecular weight excluding hydrogens is 376 g/mol. The second kappa shape index (κ2) is 7.90. The normalized spacial score (nSPS) is 10.9. The Hall–Kier alpha value is -4.43. The van der Waals surface area contributed by atoms with Gasteiger partial charge < -0.3 is 5.11 Å². The predicted octanol–water partition coefficient (Wildman–Crippen LogP) is 4.24. The van der Waals surface area contributed by atoms with Crippen LogP contribution in [-0.2, 0) is 0 Å². The number of carboxylic acids is 1. The van der Waals surface area contributed by atoms with Gasteiger partial charge in [0, 0.05) is 5.56 Å². The maximum atomic E-state index is 13.2. The molecule has 0 saturated heterocycles. The highest BCUT2D eigenvalue weighted by Gasteiger charge is 2.12. The van der Waals surface area contributed by atoms with Crippen molar-refractivity contribution >= 4 is 29.0 Å². The number of aromatic nitrogens is 2. The molecule has 30 heavy (non-hydrogen) atoms. The minimum absolute atomic E-state index is 0.0901. The molecule has 5 nitrogen and oxygen atoms in total. The van der Waals surface area contributed by atoms with E-state index in [2.05, 4.69) is 10.9 Å². The summed E-state index contributed by atoms with van der Waals surface area (Å²) in [5.41, 5.74) is 2.48. The van der Waals surface area contributed by atoms with Gasteiger partial charge in [0.25, 0.3) is 5.56 Å². The second-order valence-electron chi connectivity index (χ2n) is 6.58. The molecule has 0 saturated carbocycles. The lowest BCUT2D eigenvalue weighted by atomic mass is 10.1. The first kappa shape index (κ1) is 18.9. The maximum Gasteiger partial charge on any atom is 0.335 e. The minimum Gasteiger partial charge on any atom is -0.478 e. The predicted molar refractivity (Wildman–Crippen MR) is 118 cm³/mol. The molecule has 0 unspecified atom stereocenters. The molecule has 144 valence electrons. The van der Waals surface area contributed by atoms with E-state index in [1.54, 1.807) is 36.4 Å². The van der Waals surface area contributed by atoms with E-state index in [9.17, 15) is 14.7 Å². The van der Waals surface area contributed by atoms with Crippen molar-refractivity contribution in [1.82, 2.24) is 9.55 Å². The number of para-hydroxylation sites is 1. The molecule has 0 bridgehead atoms. The first-order chi connectivity index (χ1) is 14.6. The lowest BCUT2D eigenvalue weighted by Crippen LogP contribution is -2.22. The average Bonchev–Trinajstić information content (AvgIpc) is 2.78. The first-order valence-electron chi connectivity index (χ1n) is 9.17. The summed E-state index contributed by atoms with van der Waals surface area (Å²) < 4.78 is 1.42. The molecule has 5 heteroatoms. The van der Waals surface area contributed by atoms with Crippen LogP contribution in [0.5, 0.6) is 0 Å². The minimum atomic E-state index is -1.07. The topological polar surface area (TPSA) is 72.2 Å². The summed E-state index contributed by atoms with van der Waals surface area (Å²) in [7, 11) is 0. The summed E-state index contributed by atoms with van der Waals surface area (Å²) in [6, 6.07) is 20.7. The van der Waals surface area contributed by atoms with Gasteiger partial charge >= 0.3 is 5.97 Å². The molecule has 1 aromatic heterocycles. The van der Waals surface area contributed by atoms with Crippen LogP contribution in [0.15, 0.2) is 77.6 Å². The van der Waals surface area contributed by atoms with Crippen LogP contribution in [0, 0.1) is 12.3 Å². The molecule has 4 rings (SSSR count). The summed E-state index contributed by atoms with van der Waals surface area (Å²) >= 11 is 0. The van der Waals surface area contributed by atoms with Crippen LogP contribution < -0.4 is 5.56 Å². The highest BCUT2D eigenvalue weighted by Crippen LogP contribution is 2.17. The van der Waals surface area contributed by atoms with Crippen LogP contribution >= 0.6 is 0 Å². The molecule has 1 heterocycles.